The molecule has 2 aromatic carbocycles. The summed E-state index contributed by atoms with van der Waals surface area (Å²) in [6.07, 6.45) is 5.11. The van der Waals surface area contributed by atoms with Gasteiger partial charge in [0.05, 0.1) is 34.4 Å². The molecule has 5 aromatic rings. The lowest BCUT2D eigenvalue weighted by Crippen LogP contribution is -2.11. The van der Waals surface area contributed by atoms with E-state index in [1.807, 2.05) is 42.5 Å². The number of esters is 1. The number of ether oxygens (including phenoxy) is 1. The number of carbonyl (C=O) groups excluding carboxylic acids is 1. The van der Waals surface area contributed by atoms with Gasteiger partial charge in [-0.05, 0) is 35.9 Å². The first-order valence-corrected chi connectivity index (χ1v) is 10.3. The molecule has 0 aliphatic heterocycles. The highest BCUT2D eigenvalue weighted by molar-refractivity contribution is 6.32. The summed E-state index contributed by atoms with van der Waals surface area (Å²) >= 11 is 6.18. The Morgan fingerprint density at radius 2 is 1.72 bits per heavy atom. The van der Waals surface area contributed by atoms with Gasteiger partial charge in [0.1, 0.15) is 5.75 Å². The fourth-order valence-electron chi connectivity index (χ4n) is 3.43. The second kappa shape index (κ2) is 8.61. The monoisotopic (exact) mass is 440 g/mol. The van der Waals surface area contributed by atoms with Gasteiger partial charge < -0.3 is 4.74 Å². The van der Waals surface area contributed by atoms with E-state index in [0.717, 1.165) is 11.1 Å². The fourth-order valence-corrected chi connectivity index (χ4v) is 3.61. The summed E-state index contributed by atoms with van der Waals surface area (Å²) in [4.78, 5) is 22.1. The highest BCUT2D eigenvalue weighted by atomic mass is 35.5. The molecule has 7 heteroatoms. The molecule has 0 N–H and O–H groups in total. The van der Waals surface area contributed by atoms with Gasteiger partial charge in [0.2, 0.25) is 0 Å². The van der Waals surface area contributed by atoms with Gasteiger partial charge in [-0.15, -0.1) is 0 Å². The summed E-state index contributed by atoms with van der Waals surface area (Å²) in [6, 6.07) is 22.1. The first-order chi connectivity index (χ1) is 15.7. The van der Waals surface area contributed by atoms with E-state index in [-0.39, 0.29) is 0 Å². The van der Waals surface area contributed by atoms with E-state index in [2.05, 4.69) is 10.1 Å². The Bertz CT molecular complexity index is 1400. The van der Waals surface area contributed by atoms with E-state index in [1.54, 1.807) is 53.6 Å². The van der Waals surface area contributed by atoms with Crippen molar-refractivity contribution in [3.8, 4) is 17.0 Å². The first-order valence-electron chi connectivity index (χ1n) is 9.96. The van der Waals surface area contributed by atoms with Crippen molar-refractivity contribution in [1.82, 2.24) is 19.7 Å². The molecule has 6 nitrogen and oxygen atoms in total. The molecular weight excluding hydrogens is 424 g/mol. The molecule has 0 unspecified atom stereocenters. The van der Waals surface area contributed by atoms with Crippen molar-refractivity contribution in [2.75, 3.05) is 0 Å². The third-order valence-corrected chi connectivity index (χ3v) is 5.33. The molecule has 3 aromatic heterocycles. The van der Waals surface area contributed by atoms with Crippen LogP contribution in [0.4, 0.5) is 0 Å². The number of nitrogens with zero attached hydrogens (tertiary/aromatic N) is 4. The van der Waals surface area contributed by atoms with Crippen LogP contribution >= 0.6 is 11.6 Å². The van der Waals surface area contributed by atoms with E-state index in [9.17, 15) is 4.79 Å². The Morgan fingerprint density at radius 3 is 2.50 bits per heavy atom. The molecule has 0 amide bonds. The van der Waals surface area contributed by atoms with Gasteiger partial charge in [0, 0.05) is 18.0 Å². The van der Waals surface area contributed by atoms with Crippen LogP contribution < -0.4 is 4.74 Å². The summed E-state index contributed by atoms with van der Waals surface area (Å²) < 4.78 is 7.38. The Balaban J connectivity index is 1.62. The molecule has 0 saturated heterocycles. The summed E-state index contributed by atoms with van der Waals surface area (Å²) in [6.45, 7) is 0.496. The molecule has 0 aliphatic carbocycles. The molecule has 0 radical (unpaired) electrons. The number of hydrogen-bond donors (Lipinski definition) is 0. The van der Waals surface area contributed by atoms with Crippen LogP contribution in [0.2, 0.25) is 5.02 Å². The minimum absolute atomic E-state index is 0.301. The number of aromatic nitrogens is 4. The van der Waals surface area contributed by atoms with Gasteiger partial charge >= 0.3 is 5.97 Å². The molecule has 156 valence electrons. The molecule has 0 atom stereocenters. The lowest BCUT2D eigenvalue weighted by molar-refractivity contribution is 0.0737. The lowest BCUT2D eigenvalue weighted by Gasteiger charge is -2.10. The number of carbonyl (C=O) groups is 1. The van der Waals surface area contributed by atoms with E-state index < -0.39 is 5.97 Å². The van der Waals surface area contributed by atoms with Gasteiger partial charge in [0.15, 0.2) is 5.65 Å². The third kappa shape index (κ3) is 3.96. The van der Waals surface area contributed by atoms with Crippen molar-refractivity contribution in [2.45, 2.75) is 6.54 Å². The zero-order chi connectivity index (χ0) is 21.9. The largest absolute Gasteiger partial charge is 0.421 e. The topological polar surface area (TPSA) is 69.9 Å². The van der Waals surface area contributed by atoms with Crippen LogP contribution in [0, 0.1) is 0 Å². The highest BCUT2D eigenvalue weighted by Gasteiger charge is 2.20. The number of halogens is 1. The number of para-hydroxylation sites is 1. The molecule has 32 heavy (non-hydrogen) atoms. The van der Waals surface area contributed by atoms with Gasteiger partial charge in [-0.2, -0.15) is 5.10 Å². The normalized spacial score (nSPS) is 10.9. The molecular formula is C25H17ClN4O2. The number of pyridine rings is 2. The number of hydrogen-bond acceptors (Lipinski definition) is 5. The summed E-state index contributed by atoms with van der Waals surface area (Å²) in [5.41, 5.74) is 3.53. The number of rotatable bonds is 5. The lowest BCUT2D eigenvalue weighted by atomic mass is 10.1. The average molecular weight is 441 g/mol. The van der Waals surface area contributed by atoms with Crippen LogP contribution in [-0.2, 0) is 6.54 Å². The summed E-state index contributed by atoms with van der Waals surface area (Å²) in [5.74, 6) is -0.222. The zero-order valence-corrected chi connectivity index (χ0v) is 17.6. The minimum atomic E-state index is -0.522. The van der Waals surface area contributed by atoms with Crippen LogP contribution in [0.5, 0.6) is 5.75 Å². The number of benzene rings is 2. The highest BCUT2D eigenvalue weighted by Crippen LogP contribution is 2.28. The summed E-state index contributed by atoms with van der Waals surface area (Å²) in [7, 11) is 0. The van der Waals surface area contributed by atoms with Crippen LogP contribution in [0.15, 0.2) is 91.4 Å². The molecule has 0 saturated carbocycles. The molecule has 0 fully saturated rings. The Kier molecular flexibility index (Phi) is 5.35. The van der Waals surface area contributed by atoms with Gasteiger partial charge in [0.25, 0.3) is 0 Å². The SMILES string of the molecule is O=C(Oc1ccccc1Cl)c1cc(-c2ccccc2)nc2c1cnn2Cc1ccncc1. The molecule has 0 aliphatic rings. The average Bonchev–Trinajstić information content (AvgIpc) is 3.23. The van der Waals surface area contributed by atoms with E-state index in [4.69, 9.17) is 21.3 Å². The third-order valence-electron chi connectivity index (χ3n) is 5.02. The Hall–Kier alpha value is -4.03. The van der Waals surface area contributed by atoms with Gasteiger partial charge in [-0.25, -0.2) is 14.5 Å². The minimum Gasteiger partial charge on any atom is -0.421 e. The van der Waals surface area contributed by atoms with Gasteiger partial charge in [-0.1, -0.05) is 54.1 Å². The van der Waals surface area contributed by atoms with Crippen molar-refractivity contribution in [2.24, 2.45) is 0 Å². The van der Waals surface area contributed by atoms with Crippen molar-refractivity contribution in [3.05, 3.63) is 108 Å². The van der Waals surface area contributed by atoms with E-state index in [1.165, 1.54) is 0 Å². The molecule has 0 bridgehead atoms. The van der Waals surface area contributed by atoms with Crippen molar-refractivity contribution < 1.29 is 9.53 Å². The summed E-state index contributed by atoms with van der Waals surface area (Å²) in [5, 5.41) is 5.46. The smallest absolute Gasteiger partial charge is 0.344 e. The van der Waals surface area contributed by atoms with Crippen LogP contribution in [-0.4, -0.2) is 25.7 Å². The standard InChI is InChI=1S/C25H17ClN4O2/c26-21-8-4-5-9-23(21)32-25(31)19-14-22(18-6-2-1-3-7-18)29-24-20(19)15-28-30(24)16-17-10-12-27-13-11-17/h1-15H,16H2. The fraction of sp³-hybridized carbons (Fsp3) is 0.0400. The quantitative estimate of drug-likeness (QED) is 0.270. The Labute approximate surface area is 189 Å². The molecule has 3 heterocycles. The van der Waals surface area contributed by atoms with E-state index >= 15 is 0 Å². The predicted octanol–water partition coefficient (Wildman–Crippen LogP) is 5.41. The molecule has 0 spiro atoms. The Morgan fingerprint density at radius 1 is 0.969 bits per heavy atom. The van der Waals surface area contributed by atoms with E-state index in [0.29, 0.717) is 39.6 Å². The maximum atomic E-state index is 13.2. The van der Waals surface area contributed by atoms with Crippen LogP contribution in [0.1, 0.15) is 15.9 Å². The predicted molar refractivity (Wildman–Crippen MR) is 123 cm³/mol. The molecule has 5 rings (SSSR count). The maximum absolute atomic E-state index is 13.2. The van der Waals surface area contributed by atoms with Crippen molar-refractivity contribution in [3.63, 3.8) is 0 Å². The second-order valence-corrected chi connectivity index (χ2v) is 7.54. The zero-order valence-electron chi connectivity index (χ0n) is 16.9. The van der Waals surface area contributed by atoms with Crippen LogP contribution in [0.3, 0.4) is 0 Å². The van der Waals surface area contributed by atoms with Crippen molar-refractivity contribution >= 4 is 28.6 Å². The van der Waals surface area contributed by atoms with Crippen LogP contribution in [0.25, 0.3) is 22.3 Å². The first kappa shape index (κ1) is 19.9. The van der Waals surface area contributed by atoms with Gasteiger partial charge in [-0.3, -0.25) is 4.98 Å². The second-order valence-electron chi connectivity index (χ2n) is 7.14. The number of fused-ring (bicyclic) bond motifs is 1. The maximum Gasteiger partial charge on any atom is 0.344 e. The van der Waals surface area contributed by atoms with Crippen molar-refractivity contribution in [1.29, 1.82) is 0 Å².